The van der Waals surface area contributed by atoms with Crippen molar-refractivity contribution >= 4 is 17.7 Å². The van der Waals surface area contributed by atoms with Gasteiger partial charge < -0.3 is 15.3 Å². The van der Waals surface area contributed by atoms with E-state index in [9.17, 15) is 14.7 Å². The van der Waals surface area contributed by atoms with Gasteiger partial charge in [-0.05, 0) is 62.2 Å². The number of anilines is 1. The van der Waals surface area contributed by atoms with Crippen LogP contribution < -0.4 is 5.32 Å². The van der Waals surface area contributed by atoms with Crippen molar-refractivity contribution in [3.05, 3.63) is 77.2 Å². The van der Waals surface area contributed by atoms with E-state index in [1.54, 1.807) is 12.4 Å². The molecule has 1 unspecified atom stereocenters. The van der Waals surface area contributed by atoms with Crippen molar-refractivity contribution in [3.63, 3.8) is 0 Å². The van der Waals surface area contributed by atoms with E-state index < -0.39 is 6.09 Å². The van der Waals surface area contributed by atoms with E-state index in [1.807, 2.05) is 63.2 Å². The molecule has 1 fully saturated rings. The van der Waals surface area contributed by atoms with Gasteiger partial charge in [-0.15, -0.1) is 0 Å². The zero-order chi connectivity index (χ0) is 24.2. The van der Waals surface area contributed by atoms with Crippen LogP contribution in [-0.4, -0.2) is 62.6 Å². The van der Waals surface area contributed by atoms with Gasteiger partial charge in [-0.3, -0.25) is 19.7 Å². The highest BCUT2D eigenvalue weighted by molar-refractivity contribution is 6.04. The van der Waals surface area contributed by atoms with Crippen molar-refractivity contribution in [2.24, 2.45) is 0 Å². The molecule has 0 aliphatic carbocycles. The smallest absolute Gasteiger partial charge is 0.407 e. The SMILES string of the molecule is Cc1cc(-c2ncc(C(=O)Nc3ccc(CN4CCN(C(=O)O)C(C)C4)cc3)cc2C)ccn1. The van der Waals surface area contributed by atoms with Gasteiger partial charge >= 0.3 is 6.09 Å². The molecule has 2 aromatic heterocycles. The fourth-order valence-corrected chi connectivity index (χ4v) is 4.31. The van der Waals surface area contributed by atoms with Crippen LogP contribution in [0.4, 0.5) is 10.5 Å². The van der Waals surface area contributed by atoms with E-state index >= 15 is 0 Å². The highest BCUT2D eigenvalue weighted by Gasteiger charge is 2.26. The van der Waals surface area contributed by atoms with Crippen LogP contribution in [-0.2, 0) is 6.54 Å². The van der Waals surface area contributed by atoms with Gasteiger partial charge in [0.05, 0.1) is 11.3 Å². The number of amides is 2. The molecule has 1 saturated heterocycles. The second kappa shape index (κ2) is 10.0. The summed E-state index contributed by atoms with van der Waals surface area (Å²) in [6.07, 6.45) is 2.49. The van der Waals surface area contributed by atoms with E-state index in [0.717, 1.165) is 34.6 Å². The third-order valence-electron chi connectivity index (χ3n) is 6.09. The number of carbonyl (C=O) groups is 2. The maximum absolute atomic E-state index is 12.8. The van der Waals surface area contributed by atoms with Gasteiger partial charge in [0.1, 0.15) is 0 Å². The maximum atomic E-state index is 12.8. The summed E-state index contributed by atoms with van der Waals surface area (Å²) in [7, 11) is 0. The Hall–Kier alpha value is -3.78. The molecule has 2 N–H and O–H groups in total. The molecule has 0 bridgehead atoms. The molecule has 176 valence electrons. The number of carbonyl (C=O) groups excluding carboxylic acids is 1. The fraction of sp³-hybridized carbons (Fsp3) is 0.308. The number of hydrogen-bond acceptors (Lipinski definition) is 5. The van der Waals surface area contributed by atoms with Gasteiger partial charge in [0.15, 0.2) is 0 Å². The molecule has 3 heterocycles. The minimum Gasteiger partial charge on any atom is -0.465 e. The highest BCUT2D eigenvalue weighted by Crippen LogP contribution is 2.22. The predicted octanol–water partition coefficient (Wildman–Crippen LogP) is 4.20. The number of aromatic nitrogens is 2. The van der Waals surface area contributed by atoms with Crippen LogP contribution >= 0.6 is 0 Å². The van der Waals surface area contributed by atoms with Crippen molar-refractivity contribution in [1.82, 2.24) is 19.8 Å². The van der Waals surface area contributed by atoms with Crippen LogP contribution in [0.2, 0.25) is 0 Å². The third-order valence-corrected chi connectivity index (χ3v) is 6.09. The number of piperazine rings is 1. The summed E-state index contributed by atoms with van der Waals surface area (Å²) in [6, 6.07) is 13.5. The number of pyridine rings is 2. The second-order valence-corrected chi connectivity index (χ2v) is 8.79. The van der Waals surface area contributed by atoms with Crippen molar-refractivity contribution in [2.45, 2.75) is 33.4 Å². The van der Waals surface area contributed by atoms with Crippen LogP contribution in [0.25, 0.3) is 11.3 Å². The van der Waals surface area contributed by atoms with E-state index in [1.165, 1.54) is 4.90 Å². The van der Waals surface area contributed by atoms with Crippen molar-refractivity contribution in [1.29, 1.82) is 0 Å². The quantitative estimate of drug-likeness (QED) is 0.593. The zero-order valence-electron chi connectivity index (χ0n) is 19.7. The average Bonchev–Trinajstić information content (AvgIpc) is 2.80. The molecule has 2 amide bonds. The van der Waals surface area contributed by atoms with Gasteiger partial charge in [0.2, 0.25) is 0 Å². The summed E-state index contributed by atoms with van der Waals surface area (Å²) in [4.78, 5) is 36.5. The topological polar surface area (TPSA) is 98.7 Å². The summed E-state index contributed by atoms with van der Waals surface area (Å²) >= 11 is 0. The Labute approximate surface area is 199 Å². The lowest BCUT2D eigenvalue weighted by atomic mass is 10.1. The normalized spacial score (nSPS) is 16.3. The molecule has 8 nitrogen and oxygen atoms in total. The van der Waals surface area contributed by atoms with E-state index in [2.05, 4.69) is 20.2 Å². The molecule has 0 saturated carbocycles. The van der Waals surface area contributed by atoms with Gasteiger partial charge in [0.25, 0.3) is 5.91 Å². The van der Waals surface area contributed by atoms with Crippen LogP contribution in [0.15, 0.2) is 54.9 Å². The first-order valence-corrected chi connectivity index (χ1v) is 11.3. The lowest BCUT2D eigenvalue weighted by Gasteiger charge is -2.38. The molecule has 4 rings (SSSR count). The first kappa shape index (κ1) is 23.4. The van der Waals surface area contributed by atoms with Crippen LogP contribution in [0, 0.1) is 13.8 Å². The van der Waals surface area contributed by atoms with Gasteiger partial charge in [-0.1, -0.05) is 12.1 Å². The molecule has 1 aromatic carbocycles. The Morgan fingerprint density at radius 1 is 1.09 bits per heavy atom. The van der Waals surface area contributed by atoms with Crippen molar-refractivity contribution in [3.8, 4) is 11.3 Å². The molecular formula is C26H29N5O3. The standard InChI is InChI=1S/C26H29N5O3/c1-17-12-22(14-28-24(17)21-8-9-27-18(2)13-21)25(32)29-23-6-4-20(5-7-23)16-30-10-11-31(26(33)34)19(3)15-30/h4-9,12-14,19H,10-11,15-16H2,1-3H3,(H,29,32)(H,33,34). The number of carboxylic acid groups (broad SMARTS) is 1. The summed E-state index contributed by atoms with van der Waals surface area (Å²) in [5, 5.41) is 12.2. The molecule has 1 aliphatic heterocycles. The number of hydrogen-bond donors (Lipinski definition) is 2. The first-order valence-electron chi connectivity index (χ1n) is 11.3. The number of benzene rings is 1. The Kier molecular flexibility index (Phi) is 6.88. The minimum atomic E-state index is -0.861. The monoisotopic (exact) mass is 459 g/mol. The summed E-state index contributed by atoms with van der Waals surface area (Å²) in [5.41, 5.74) is 5.98. The van der Waals surface area contributed by atoms with Crippen LogP contribution in [0.5, 0.6) is 0 Å². The largest absolute Gasteiger partial charge is 0.465 e. The Morgan fingerprint density at radius 2 is 1.85 bits per heavy atom. The lowest BCUT2D eigenvalue weighted by molar-refractivity contribution is 0.0711. The minimum absolute atomic E-state index is 0.0316. The van der Waals surface area contributed by atoms with Gasteiger partial charge in [0, 0.05) is 61.6 Å². The lowest BCUT2D eigenvalue weighted by Crippen LogP contribution is -2.53. The van der Waals surface area contributed by atoms with Crippen molar-refractivity contribution in [2.75, 3.05) is 25.0 Å². The molecule has 8 heteroatoms. The predicted molar refractivity (Wildman–Crippen MR) is 131 cm³/mol. The summed E-state index contributed by atoms with van der Waals surface area (Å²) in [5.74, 6) is -0.209. The average molecular weight is 460 g/mol. The molecule has 1 aliphatic rings. The second-order valence-electron chi connectivity index (χ2n) is 8.79. The Balaban J connectivity index is 1.37. The molecule has 1 atom stereocenters. The van der Waals surface area contributed by atoms with Gasteiger partial charge in [-0.25, -0.2) is 4.79 Å². The molecule has 34 heavy (non-hydrogen) atoms. The third kappa shape index (κ3) is 5.40. The Bertz CT molecular complexity index is 1200. The van der Waals surface area contributed by atoms with Crippen LogP contribution in [0.1, 0.15) is 34.1 Å². The summed E-state index contributed by atoms with van der Waals surface area (Å²) < 4.78 is 0. The number of rotatable bonds is 5. The zero-order valence-corrected chi connectivity index (χ0v) is 19.7. The number of nitrogens with zero attached hydrogens (tertiary/aromatic N) is 4. The van der Waals surface area contributed by atoms with Crippen LogP contribution in [0.3, 0.4) is 0 Å². The van der Waals surface area contributed by atoms with E-state index in [4.69, 9.17) is 0 Å². The van der Waals surface area contributed by atoms with Gasteiger partial charge in [-0.2, -0.15) is 0 Å². The highest BCUT2D eigenvalue weighted by atomic mass is 16.4. The first-order chi connectivity index (χ1) is 16.3. The fourth-order valence-electron chi connectivity index (χ4n) is 4.31. The van der Waals surface area contributed by atoms with E-state index in [0.29, 0.717) is 30.9 Å². The number of nitrogens with one attached hydrogen (secondary N) is 1. The summed E-state index contributed by atoms with van der Waals surface area (Å²) in [6.45, 7) is 8.47. The molecule has 3 aromatic rings. The van der Waals surface area contributed by atoms with Crippen molar-refractivity contribution < 1.29 is 14.7 Å². The molecule has 0 spiro atoms. The Morgan fingerprint density at radius 3 is 2.50 bits per heavy atom. The maximum Gasteiger partial charge on any atom is 0.407 e. The molecular weight excluding hydrogens is 430 g/mol. The number of aryl methyl sites for hydroxylation is 2. The van der Waals surface area contributed by atoms with E-state index in [-0.39, 0.29) is 11.9 Å². The molecule has 0 radical (unpaired) electrons.